The summed E-state index contributed by atoms with van der Waals surface area (Å²) in [7, 11) is 1.51. The Bertz CT molecular complexity index is 1040. The van der Waals surface area contributed by atoms with Crippen LogP contribution >= 0.6 is 0 Å². The van der Waals surface area contributed by atoms with Gasteiger partial charge in [-0.2, -0.15) is 0 Å². The molecule has 2 aromatic carbocycles. The molecule has 2 aromatic rings. The van der Waals surface area contributed by atoms with Crippen molar-refractivity contribution < 1.29 is 14.4 Å². The van der Waals surface area contributed by atoms with E-state index in [1.165, 1.54) is 7.05 Å². The van der Waals surface area contributed by atoms with Gasteiger partial charge in [0.05, 0.1) is 0 Å². The summed E-state index contributed by atoms with van der Waals surface area (Å²) in [5, 5.41) is 0. The fourth-order valence-electron chi connectivity index (χ4n) is 4.34. The van der Waals surface area contributed by atoms with Gasteiger partial charge in [0.1, 0.15) is 6.54 Å². The first-order chi connectivity index (χ1) is 13.9. The number of hydrogen-bond donors (Lipinski definition) is 0. The minimum absolute atomic E-state index is 0.132. The lowest BCUT2D eigenvalue weighted by Crippen LogP contribution is -2.29. The zero-order chi connectivity index (χ0) is 20.3. The SMILES string of the molecule is Cc1cc(-c2ccc(CN3CC(=O)N(C)C3=O)cc2)cc2c1C(=O)N(C1CC1)C2. The van der Waals surface area contributed by atoms with Crippen molar-refractivity contribution in [1.29, 1.82) is 0 Å². The quantitative estimate of drug-likeness (QED) is 0.755. The summed E-state index contributed by atoms with van der Waals surface area (Å²) < 4.78 is 0. The van der Waals surface area contributed by atoms with Crippen molar-refractivity contribution in [2.45, 2.75) is 38.9 Å². The third kappa shape index (κ3) is 2.99. The fourth-order valence-corrected chi connectivity index (χ4v) is 4.34. The Hall–Kier alpha value is -3.15. The van der Waals surface area contributed by atoms with Crippen LogP contribution in [0.5, 0.6) is 0 Å². The van der Waals surface area contributed by atoms with Crippen molar-refractivity contribution in [3.8, 4) is 11.1 Å². The molecule has 0 bridgehead atoms. The molecule has 29 heavy (non-hydrogen) atoms. The van der Waals surface area contributed by atoms with E-state index in [4.69, 9.17) is 0 Å². The van der Waals surface area contributed by atoms with Gasteiger partial charge in [0.15, 0.2) is 0 Å². The monoisotopic (exact) mass is 389 g/mol. The standard InChI is InChI=1S/C23H23N3O3/c1-14-9-17(10-18-12-26(19-7-8-19)22(28)21(14)18)16-5-3-15(4-6-16)11-25-13-20(27)24(2)23(25)29/h3-6,9-10,19H,7-8,11-13H2,1-2H3. The molecule has 148 valence electrons. The number of amides is 4. The van der Waals surface area contributed by atoms with Gasteiger partial charge in [0.25, 0.3) is 5.91 Å². The molecular formula is C23H23N3O3. The van der Waals surface area contributed by atoms with Crippen LogP contribution in [0.3, 0.4) is 0 Å². The highest BCUT2D eigenvalue weighted by atomic mass is 16.2. The highest BCUT2D eigenvalue weighted by Gasteiger charge is 2.39. The van der Waals surface area contributed by atoms with E-state index in [0.29, 0.717) is 19.1 Å². The molecule has 2 aliphatic heterocycles. The summed E-state index contributed by atoms with van der Waals surface area (Å²) in [6.07, 6.45) is 2.24. The van der Waals surface area contributed by atoms with Crippen LogP contribution in [0.4, 0.5) is 4.79 Å². The minimum Gasteiger partial charge on any atom is -0.331 e. The van der Waals surface area contributed by atoms with Gasteiger partial charge in [-0.15, -0.1) is 0 Å². The molecule has 0 aromatic heterocycles. The van der Waals surface area contributed by atoms with Gasteiger partial charge in [0.2, 0.25) is 5.91 Å². The van der Waals surface area contributed by atoms with Gasteiger partial charge in [0, 0.05) is 31.7 Å². The highest BCUT2D eigenvalue weighted by Crippen LogP contribution is 2.37. The predicted octanol–water partition coefficient (Wildman–Crippen LogP) is 3.17. The van der Waals surface area contributed by atoms with Crippen molar-refractivity contribution in [1.82, 2.24) is 14.7 Å². The Morgan fingerprint density at radius 1 is 0.966 bits per heavy atom. The van der Waals surface area contributed by atoms with E-state index in [0.717, 1.165) is 51.1 Å². The van der Waals surface area contributed by atoms with Crippen molar-refractivity contribution in [2.75, 3.05) is 13.6 Å². The maximum atomic E-state index is 12.7. The Kier molecular flexibility index (Phi) is 3.98. The van der Waals surface area contributed by atoms with Gasteiger partial charge < -0.3 is 9.80 Å². The molecule has 5 rings (SSSR count). The van der Waals surface area contributed by atoms with E-state index >= 15 is 0 Å². The van der Waals surface area contributed by atoms with Crippen LogP contribution < -0.4 is 0 Å². The van der Waals surface area contributed by atoms with Crippen molar-refractivity contribution >= 4 is 17.8 Å². The summed E-state index contributed by atoms with van der Waals surface area (Å²) >= 11 is 0. The number of nitrogens with zero attached hydrogens (tertiary/aromatic N) is 3. The lowest BCUT2D eigenvalue weighted by Gasteiger charge is -2.15. The minimum atomic E-state index is -0.252. The molecular weight excluding hydrogens is 366 g/mol. The molecule has 0 spiro atoms. The lowest BCUT2D eigenvalue weighted by atomic mass is 9.96. The number of imide groups is 1. The molecule has 0 N–H and O–H groups in total. The summed E-state index contributed by atoms with van der Waals surface area (Å²) in [5.41, 5.74) is 6.18. The van der Waals surface area contributed by atoms with Crippen LogP contribution in [0.15, 0.2) is 36.4 Å². The molecule has 1 saturated carbocycles. The third-order valence-electron chi connectivity index (χ3n) is 6.14. The topological polar surface area (TPSA) is 60.9 Å². The molecule has 2 fully saturated rings. The van der Waals surface area contributed by atoms with Gasteiger partial charge in [-0.3, -0.25) is 14.5 Å². The second-order valence-electron chi connectivity index (χ2n) is 8.28. The van der Waals surface area contributed by atoms with E-state index in [9.17, 15) is 14.4 Å². The third-order valence-corrected chi connectivity index (χ3v) is 6.14. The second kappa shape index (κ2) is 6.44. The number of carbonyl (C=O) groups is 3. The van der Waals surface area contributed by atoms with E-state index in [1.807, 2.05) is 36.1 Å². The zero-order valence-corrected chi connectivity index (χ0v) is 16.6. The van der Waals surface area contributed by atoms with Crippen molar-refractivity contribution in [3.05, 3.63) is 58.7 Å². The molecule has 6 heteroatoms. The first kappa shape index (κ1) is 17.9. The average Bonchev–Trinajstić information content (AvgIpc) is 3.45. The number of rotatable bonds is 4. The Balaban J connectivity index is 1.37. The summed E-state index contributed by atoms with van der Waals surface area (Å²) in [4.78, 5) is 41.2. The van der Waals surface area contributed by atoms with E-state index in [-0.39, 0.29) is 24.4 Å². The normalized spacial score (nSPS) is 18.8. The largest absolute Gasteiger partial charge is 0.331 e. The fraction of sp³-hybridized carbons (Fsp3) is 0.348. The smallest absolute Gasteiger partial charge is 0.327 e. The van der Waals surface area contributed by atoms with E-state index < -0.39 is 0 Å². The molecule has 3 aliphatic rings. The van der Waals surface area contributed by atoms with Crippen LogP contribution in [-0.2, 0) is 17.9 Å². The van der Waals surface area contributed by atoms with Gasteiger partial charge in [-0.05, 0) is 53.6 Å². The van der Waals surface area contributed by atoms with Crippen molar-refractivity contribution in [3.63, 3.8) is 0 Å². The van der Waals surface area contributed by atoms with Crippen LogP contribution in [-0.4, -0.2) is 52.2 Å². The summed E-state index contributed by atoms with van der Waals surface area (Å²) in [6.45, 7) is 3.28. The Morgan fingerprint density at radius 2 is 1.69 bits per heavy atom. The highest BCUT2D eigenvalue weighted by molar-refractivity contribution is 6.02. The van der Waals surface area contributed by atoms with Crippen LogP contribution in [0.1, 0.15) is 39.9 Å². The van der Waals surface area contributed by atoms with Gasteiger partial charge in [-0.25, -0.2) is 4.79 Å². The first-order valence-electron chi connectivity index (χ1n) is 10.0. The molecule has 4 amide bonds. The maximum absolute atomic E-state index is 12.7. The first-order valence-corrected chi connectivity index (χ1v) is 10.0. The number of likely N-dealkylation sites (N-methyl/N-ethyl adjacent to an activating group) is 1. The van der Waals surface area contributed by atoms with Gasteiger partial charge >= 0.3 is 6.03 Å². The zero-order valence-electron chi connectivity index (χ0n) is 16.6. The predicted molar refractivity (Wildman–Crippen MR) is 108 cm³/mol. The van der Waals surface area contributed by atoms with E-state index in [2.05, 4.69) is 12.1 Å². The Labute approximate surface area is 169 Å². The average molecular weight is 389 g/mol. The summed E-state index contributed by atoms with van der Waals surface area (Å²) in [6, 6.07) is 12.5. The molecule has 0 unspecified atom stereocenters. The van der Waals surface area contributed by atoms with Crippen LogP contribution in [0, 0.1) is 6.92 Å². The molecule has 0 radical (unpaired) electrons. The number of fused-ring (bicyclic) bond motifs is 1. The Morgan fingerprint density at radius 3 is 2.31 bits per heavy atom. The van der Waals surface area contributed by atoms with Crippen LogP contribution in [0.25, 0.3) is 11.1 Å². The van der Waals surface area contributed by atoms with Crippen LogP contribution in [0.2, 0.25) is 0 Å². The maximum Gasteiger partial charge on any atom is 0.327 e. The second-order valence-corrected chi connectivity index (χ2v) is 8.28. The van der Waals surface area contributed by atoms with E-state index in [1.54, 1.807) is 4.90 Å². The number of carbonyl (C=O) groups excluding carboxylic acids is 3. The van der Waals surface area contributed by atoms with Crippen molar-refractivity contribution in [2.24, 2.45) is 0 Å². The molecule has 6 nitrogen and oxygen atoms in total. The number of aryl methyl sites for hydroxylation is 1. The molecule has 0 atom stereocenters. The van der Waals surface area contributed by atoms with Gasteiger partial charge in [-0.1, -0.05) is 30.3 Å². The number of benzene rings is 2. The lowest BCUT2D eigenvalue weighted by molar-refractivity contribution is -0.124. The molecule has 1 saturated heterocycles. The summed E-state index contributed by atoms with van der Waals surface area (Å²) in [5.74, 6) is 0.00622. The number of urea groups is 1. The molecule has 1 aliphatic carbocycles. The molecule has 2 heterocycles. The number of hydrogen-bond acceptors (Lipinski definition) is 3.